The van der Waals surface area contributed by atoms with Gasteiger partial charge in [-0.2, -0.15) is 0 Å². The van der Waals surface area contributed by atoms with Crippen molar-refractivity contribution in [3.63, 3.8) is 0 Å². The summed E-state index contributed by atoms with van der Waals surface area (Å²) in [5.41, 5.74) is 1.93. The molecule has 2 aromatic rings. The van der Waals surface area contributed by atoms with Crippen LogP contribution in [0.2, 0.25) is 0 Å². The number of hydrogen-bond donors (Lipinski definition) is 2. The molecule has 3 rings (SSSR count). The minimum Gasteiger partial charge on any atom is -0.508 e. The topological polar surface area (TPSA) is 69.6 Å². The zero-order chi connectivity index (χ0) is 16.6. The van der Waals surface area contributed by atoms with Gasteiger partial charge in [0.1, 0.15) is 16.5 Å². The van der Waals surface area contributed by atoms with Crippen LogP contribution in [0, 0.1) is 6.92 Å². The second-order valence-corrected chi connectivity index (χ2v) is 5.52. The largest absolute Gasteiger partial charge is 0.508 e. The van der Waals surface area contributed by atoms with Gasteiger partial charge in [0.05, 0.1) is 5.69 Å². The van der Waals surface area contributed by atoms with Gasteiger partial charge in [-0.15, -0.1) is 0 Å². The molecule has 0 saturated carbocycles. The Morgan fingerprint density at radius 3 is 2.39 bits per heavy atom. The van der Waals surface area contributed by atoms with Crippen LogP contribution in [0.4, 0.5) is 11.4 Å². The first-order chi connectivity index (χ1) is 11.0. The molecule has 0 aliphatic carbocycles. The monoisotopic (exact) mass is 328 g/mol. The van der Waals surface area contributed by atoms with Gasteiger partial charge in [-0.25, -0.2) is 4.90 Å². The summed E-state index contributed by atoms with van der Waals surface area (Å²) >= 11 is 6.03. The molecule has 1 aliphatic rings. The number of halogens is 1. The highest BCUT2D eigenvalue weighted by atomic mass is 35.5. The third-order valence-electron chi connectivity index (χ3n) is 3.43. The fourth-order valence-electron chi connectivity index (χ4n) is 2.27. The molecule has 2 amide bonds. The number of benzene rings is 2. The van der Waals surface area contributed by atoms with E-state index in [-0.39, 0.29) is 16.5 Å². The molecule has 23 heavy (non-hydrogen) atoms. The third kappa shape index (κ3) is 2.78. The van der Waals surface area contributed by atoms with Crippen LogP contribution in [0.15, 0.2) is 59.3 Å². The van der Waals surface area contributed by atoms with Crippen LogP contribution in [-0.4, -0.2) is 16.9 Å². The van der Waals surface area contributed by atoms with Gasteiger partial charge in [-0.05, 0) is 31.2 Å². The van der Waals surface area contributed by atoms with Crippen LogP contribution >= 0.6 is 11.6 Å². The van der Waals surface area contributed by atoms with Crippen molar-refractivity contribution in [3.05, 3.63) is 64.8 Å². The molecule has 0 unspecified atom stereocenters. The molecule has 116 valence electrons. The van der Waals surface area contributed by atoms with E-state index in [1.165, 1.54) is 12.1 Å². The van der Waals surface area contributed by atoms with E-state index in [0.29, 0.717) is 11.4 Å². The third-order valence-corrected chi connectivity index (χ3v) is 3.79. The number of rotatable bonds is 3. The Morgan fingerprint density at radius 1 is 1.04 bits per heavy atom. The molecule has 0 aromatic heterocycles. The number of aromatic hydroxyl groups is 1. The van der Waals surface area contributed by atoms with E-state index in [9.17, 15) is 14.7 Å². The summed E-state index contributed by atoms with van der Waals surface area (Å²) in [6.45, 7) is 1.91. The maximum absolute atomic E-state index is 12.5. The zero-order valence-corrected chi connectivity index (χ0v) is 13.0. The number of imide groups is 1. The molecule has 0 bridgehead atoms. The van der Waals surface area contributed by atoms with E-state index in [2.05, 4.69) is 5.32 Å². The van der Waals surface area contributed by atoms with E-state index in [1.54, 1.807) is 24.3 Å². The van der Waals surface area contributed by atoms with E-state index in [1.807, 2.05) is 19.1 Å². The Labute approximate surface area is 137 Å². The van der Waals surface area contributed by atoms with E-state index >= 15 is 0 Å². The number of phenols is 1. The van der Waals surface area contributed by atoms with Crippen molar-refractivity contribution in [2.24, 2.45) is 0 Å². The number of anilines is 2. The smallest absolute Gasteiger partial charge is 0.283 e. The maximum atomic E-state index is 12.5. The zero-order valence-electron chi connectivity index (χ0n) is 12.2. The van der Waals surface area contributed by atoms with E-state index in [4.69, 9.17) is 11.6 Å². The van der Waals surface area contributed by atoms with Crippen LogP contribution in [0.25, 0.3) is 0 Å². The van der Waals surface area contributed by atoms with Crippen molar-refractivity contribution < 1.29 is 14.7 Å². The summed E-state index contributed by atoms with van der Waals surface area (Å²) in [6, 6.07) is 13.2. The molecule has 5 nitrogen and oxygen atoms in total. The predicted octanol–water partition coefficient (Wildman–Crippen LogP) is 3.14. The average Bonchev–Trinajstić information content (AvgIpc) is 2.73. The lowest BCUT2D eigenvalue weighted by molar-refractivity contribution is -0.120. The molecule has 0 atom stereocenters. The summed E-state index contributed by atoms with van der Waals surface area (Å²) in [6.07, 6.45) is 0. The molecular weight excluding hydrogens is 316 g/mol. The molecule has 6 heteroatoms. The Kier molecular flexibility index (Phi) is 3.80. The minimum atomic E-state index is -0.580. The molecule has 2 aromatic carbocycles. The standard InChI is InChI=1S/C17H13ClN2O3/c1-10-5-7-12(8-6-10)20-16(22)14(18)15(17(20)23)19-11-3-2-4-13(21)9-11/h2-9,19,21H,1H3. The highest BCUT2D eigenvalue weighted by Crippen LogP contribution is 2.30. The van der Waals surface area contributed by atoms with Gasteiger partial charge in [-0.3, -0.25) is 9.59 Å². The van der Waals surface area contributed by atoms with Crippen molar-refractivity contribution in [3.8, 4) is 5.75 Å². The first kappa shape index (κ1) is 15.1. The first-order valence-corrected chi connectivity index (χ1v) is 7.26. The van der Waals surface area contributed by atoms with Crippen LogP contribution in [0.5, 0.6) is 5.75 Å². The van der Waals surface area contributed by atoms with Crippen molar-refractivity contribution in [2.75, 3.05) is 10.2 Å². The van der Waals surface area contributed by atoms with Crippen LogP contribution in [0.1, 0.15) is 5.56 Å². The maximum Gasteiger partial charge on any atom is 0.283 e. The second-order valence-electron chi connectivity index (χ2n) is 5.15. The van der Waals surface area contributed by atoms with Gasteiger partial charge in [0, 0.05) is 11.8 Å². The van der Waals surface area contributed by atoms with Crippen molar-refractivity contribution >= 4 is 34.8 Å². The average molecular weight is 329 g/mol. The molecule has 1 aliphatic heterocycles. The van der Waals surface area contributed by atoms with E-state index in [0.717, 1.165) is 10.5 Å². The number of phenolic OH excluding ortho intramolecular Hbond substituents is 1. The van der Waals surface area contributed by atoms with Gasteiger partial charge in [0.2, 0.25) is 0 Å². The number of carbonyl (C=O) groups excluding carboxylic acids is 2. The van der Waals surface area contributed by atoms with Crippen LogP contribution < -0.4 is 10.2 Å². The van der Waals surface area contributed by atoms with Crippen LogP contribution in [-0.2, 0) is 9.59 Å². The summed E-state index contributed by atoms with van der Waals surface area (Å²) in [5.74, 6) is -1.07. The van der Waals surface area contributed by atoms with Crippen molar-refractivity contribution in [2.45, 2.75) is 6.92 Å². The number of nitrogens with one attached hydrogen (secondary N) is 1. The SMILES string of the molecule is Cc1ccc(N2C(=O)C(Cl)=C(Nc3cccc(O)c3)C2=O)cc1. The number of nitrogens with zero attached hydrogens (tertiary/aromatic N) is 1. The lowest BCUT2D eigenvalue weighted by atomic mass is 10.2. The molecular formula is C17H13ClN2O3. The second kappa shape index (κ2) is 5.78. The Hall–Kier alpha value is -2.79. The Balaban J connectivity index is 1.91. The normalized spacial score (nSPS) is 14.6. The molecule has 0 fully saturated rings. The van der Waals surface area contributed by atoms with Crippen molar-refractivity contribution in [1.82, 2.24) is 0 Å². The number of carbonyl (C=O) groups is 2. The molecule has 0 radical (unpaired) electrons. The summed E-state index contributed by atoms with van der Waals surface area (Å²) in [5, 5.41) is 12.1. The van der Waals surface area contributed by atoms with Gasteiger partial charge < -0.3 is 10.4 Å². The summed E-state index contributed by atoms with van der Waals surface area (Å²) in [7, 11) is 0. The predicted molar refractivity (Wildman–Crippen MR) is 88.3 cm³/mol. The Bertz CT molecular complexity index is 828. The molecule has 0 spiro atoms. The highest BCUT2D eigenvalue weighted by molar-refractivity contribution is 6.53. The highest BCUT2D eigenvalue weighted by Gasteiger charge is 2.38. The summed E-state index contributed by atoms with van der Waals surface area (Å²) in [4.78, 5) is 25.9. The fourth-order valence-corrected chi connectivity index (χ4v) is 2.48. The Morgan fingerprint density at radius 2 is 1.74 bits per heavy atom. The van der Waals surface area contributed by atoms with Gasteiger partial charge in [0.15, 0.2) is 0 Å². The molecule has 0 saturated heterocycles. The fraction of sp³-hybridized carbons (Fsp3) is 0.0588. The first-order valence-electron chi connectivity index (χ1n) is 6.88. The van der Waals surface area contributed by atoms with Crippen LogP contribution in [0.3, 0.4) is 0 Å². The molecule has 2 N–H and O–H groups in total. The minimum absolute atomic E-state index is 0.0113. The molecule has 1 heterocycles. The van der Waals surface area contributed by atoms with Gasteiger partial charge in [0.25, 0.3) is 11.8 Å². The lowest BCUT2D eigenvalue weighted by Crippen LogP contribution is -2.32. The lowest BCUT2D eigenvalue weighted by Gasteiger charge is -2.15. The van der Waals surface area contributed by atoms with E-state index < -0.39 is 11.8 Å². The number of amides is 2. The van der Waals surface area contributed by atoms with Crippen molar-refractivity contribution in [1.29, 1.82) is 0 Å². The van der Waals surface area contributed by atoms with Gasteiger partial charge in [-0.1, -0.05) is 35.4 Å². The number of hydrogen-bond acceptors (Lipinski definition) is 4. The van der Waals surface area contributed by atoms with Gasteiger partial charge >= 0.3 is 0 Å². The number of aryl methyl sites for hydroxylation is 1. The quantitative estimate of drug-likeness (QED) is 0.849. The summed E-state index contributed by atoms with van der Waals surface area (Å²) < 4.78 is 0.